The molecule has 2 nitrogen and oxygen atoms in total. The van der Waals surface area contributed by atoms with Gasteiger partial charge in [0.05, 0.1) is 0 Å². The molecule has 0 radical (unpaired) electrons. The van der Waals surface area contributed by atoms with E-state index in [2.05, 4.69) is 34.2 Å². The summed E-state index contributed by atoms with van der Waals surface area (Å²) in [5.74, 6) is -0.0622. The van der Waals surface area contributed by atoms with Crippen LogP contribution in [0, 0.1) is 13.8 Å². The van der Waals surface area contributed by atoms with Crippen molar-refractivity contribution >= 4 is 27.5 Å². The van der Waals surface area contributed by atoms with E-state index in [0.717, 1.165) is 33.3 Å². The molecule has 0 unspecified atom stereocenters. The molecule has 0 saturated carbocycles. The second-order valence-electron chi connectivity index (χ2n) is 4.83. The van der Waals surface area contributed by atoms with Crippen LogP contribution in [0.4, 0.5) is 5.69 Å². The number of aryl methyl sites for hydroxylation is 2. The van der Waals surface area contributed by atoms with Crippen LogP contribution in [0.5, 0.6) is 0 Å². The molecule has 0 aliphatic heterocycles. The summed E-state index contributed by atoms with van der Waals surface area (Å²) >= 11 is 3.46. The maximum atomic E-state index is 12.5. The zero-order chi connectivity index (χ0) is 14.7. The minimum Gasteiger partial charge on any atom is -0.321 e. The molecule has 0 aliphatic carbocycles. The Balaban J connectivity index is 2.35. The first-order chi connectivity index (χ1) is 9.54. The Hall–Kier alpha value is -1.61. The third kappa shape index (κ3) is 2.93. The van der Waals surface area contributed by atoms with Crippen LogP contribution in [-0.2, 0) is 6.42 Å². The molecule has 2 aromatic rings. The van der Waals surface area contributed by atoms with E-state index in [9.17, 15) is 4.79 Å². The molecule has 0 saturated heterocycles. The van der Waals surface area contributed by atoms with Crippen molar-refractivity contribution in [3.8, 4) is 0 Å². The lowest BCUT2D eigenvalue weighted by Crippen LogP contribution is -2.15. The van der Waals surface area contributed by atoms with E-state index in [-0.39, 0.29) is 5.91 Å². The number of amides is 1. The summed E-state index contributed by atoms with van der Waals surface area (Å²) in [7, 11) is 0. The molecule has 0 fully saturated rings. The lowest BCUT2D eigenvalue weighted by molar-refractivity contribution is 0.102. The van der Waals surface area contributed by atoms with E-state index in [1.807, 2.05) is 44.2 Å². The normalized spacial score (nSPS) is 10.4. The van der Waals surface area contributed by atoms with Crippen LogP contribution in [-0.4, -0.2) is 5.91 Å². The van der Waals surface area contributed by atoms with E-state index in [4.69, 9.17) is 0 Å². The Kier molecular flexibility index (Phi) is 4.61. The Morgan fingerprint density at radius 3 is 2.55 bits per heavy atom. The summed E-state index contributed by atoms with van der Waals surface area (Å²) in [6, 6.07) is 11.8. The quantitative estimate of drug-likeness (QED) is 0.853. The number of benzene rings is 2. The Morgan fingerprint density at radius 1 is 1.15 bits per heavy atom. The summed E-state index contributed by atoms with van der Waals surface area (Å²) in [6.45, 7) is 6.05. The van der Waals surface area contributed by atoms with Crippen LogP contribution in [0.3, 0.4) is 0 Å². The summed E-state index contributed by atoms with van der Waals surface area (Å²) in [4.78, 5) is 12.5. The molecule has 20 heavy (non-hydrogen) atoms. The molecule has 0 bridgehead atoms. The van der Waals surface area contributed by atoms with Crippen molar-refractivity contribution in [2.24, 2.45) is 0 Å². The number of nitrogens with one attached hydrogen (secondary N) is 1. The van der Waals surface area contributed by atoms with Gasteiger partial charge in [-0.1, -0.05) is 47.1 Å². The summed E-state index contributed by atoms with van der Waals surface area (Å²) < 4.78 is 0.950. The number of hydrogen-bond acceptors (Lipinski definition) is 1. The van der Waals surface area contributed by atoms with E-state index < -0.39 is 0 Å². The van der Waals surface area contributed by atoms with Gasteiger partial charge in [-0.15, -0.1) is 0 Å². The van der Waals surface area contributed by atoms with Gasteiger partial charge in [0.15, 0.2) is 0 Å². The molecule has 0 aromatic heterocycles. The molecule has 1 amide bonds. The van der Waals surface area contributed by atoms with Gasteiger partial charge in [0.1, 0.15) is 0 Å². The predicted octanol–water partition coefficient (Wildman–Crippen LogP) is 4.88. The number of carbonyl (C=O) groups excluding carboxylic acids is 1. The van der Waals surface area contributed by atoms with E-state index >= 15 is 0 Å². The molecule has 0 aliphatic rings. The van der Waals surface area contributed by atoms with Gasteiger partial charge >= 0.3 is 0 Å². The highest BCUT2D eigenvalue weighted by atomic mass is 79.9. The fourth-order valence-corrected chi connectivity index (χ4v) is 2.60. The maximum absolute atomic E-state index is 12.5. The number of anilines is 1. The van der Waals surface area contributed by atoms with Crippen molar-refractivity contribution in [1.29, 1.82) is 0 Å². The SMILES string of the molecule is CCc1cccc(C)c1NC(=O)c1cccc(Br)c1C. The molecular formula is C17H18BrNO. The van der Waals surface area contributed by atoms with Crippen molar-refractivity contribution in [3.63, 3.8) is 0 Å². The first-order valence-electron chi connectivity index (χ1n) is 6.69. The summed E-state index contributed by atoms with van der Waals surface area (Å²) in [5, 5.41) is 3.05. The van der Waals surface area contributed by atoms with Gasteiger partial charge in [-0.05, 0) is 49.1 Å². The number of hydrogen-bond donors (Lipinski definition) is 1. The van der Waals surface area contributed by atoms with Crippen molar-refractivity contribution in [3.05, 3.63) is 63.1 Å². The van der Waals surface area contributed by atoms with Gasteiger partial charge in [-0.2, -0.15) is 0 Å². The minimum absolute atomic E-state index is 0.0622. The third-order valence-corrected chi connectivity index (χ3v) is 4.35. The second-order valence-corrected chi connectivity index (χ2v) is 5.68. The number of rotatable bonds is 3. The highest BCUT2D eigenvalue weighted by Crippen LogP contribution is 2.24. The van der Waals surface area contributed by atoms with Gasteiger partial charge in [0.2, 0.25) is 0 Å². The van der Waals surface area contributed by atoms with Crippen molar-refractivity contribution in [2.45, 2.75) is 27.2 Å². The molecule has 1 N–H and O–H groups in total. The predicted molar refractivity (Wildman–Crippen MR) is 87.4 cm³/mol. The van der Waals surface area contributed by atoms with Crippen LogP contribution >= 0.6 is 15.9 Å². The van der Waals surface area contributed by atoms with Crippen molar-refractivity contribution < 1.29 is 4.79 Å². The number of halogens is 1. The lowest BCUT2D eigenvalue weighted by Gasteiger charge is -2.14. The minimum atomic E-state index is -0.0622. The fourth-order valence-electron chi connectivity index (χ4n) is 2.24. The van der Waals surface area contributed by atoms with E-state index in [0.29, 0.717) is 5.56 Å². The molecule has 0 spiro atoms. The zero-order valence-electron chi connectivity index (χ0n) is 12.0. The second kappa shape index (κ2) is 6.23. The third-order valence-electron chi connectivity index (χ3n) is 3.49. The maximum Gasteiger partial charge on any atom is 0.255 e. The van der Waals surface area contributed by atoms with Crippen molar-refractivity contribution in [2.75, 3.05) is 5.32 Å². The van der Waals surface area contributed by atoms with Gasteiger partial charge in [-0.25, -0.2) is 0 Å². The van der Waals surface area contributed by atoms with E-state index in [1.54, 1.807) is 0 Å². The summed E-state index contributed by atoms with van der Waals surface area (Å²) in [5.41, 5.74) is 4.83. The van der Waals surface area contributed by atoms with Gasteiger partial charge in [0.25, 0.3) is 5.91 Å². The Bertz CT molecular complexity index is 649. The fraction of sp³-hybridized carbons (Fsp3) is 0.235. The number of carbonyl (C=O) groups is 1. The van der Waals surface area contributed by atoms with Crippen LogP contribution in [0.25, 0.3) is 0 Å². The van der Waals surface area contributed by atoms with Crippen LogP contribution in [0.1, 0.15) is 34.0 Å². The van der Waals surface area contributed by atoms with Crippen LogP contribution < -0.4 is 5.32 Å². The smallest absolute Gasteiger partial charge is 0.255 e. The molecule has 3 heteroatoms. The lowest BCUT2D eigenvalue weighted by atomic mass is 10.0. The molecule has 2 rings (SSSR count). The Labute approximate surface area is 128 Å². The van der Waals surface area contributed by atoms with E-state index in [1.165, 1.54) is 0 Å². The molecule has 104 valence electrons. The average Bonchev–Trinajstić information content (AvgIpc) is 2.44. The Morgan fingerprint density at radius 2 is 1.85 bits per heavy atom. The average molecular weight is 332 g/mol. The molecule has 0 atom stereocenters. The largest absolute Gasteiger partial charge is 0.321 e. The van der Waals surface area contributed by atoms with Gasteiger partial charge in [-0.3, -0.25) is 4.79 Å². The molecular weight excluding hydrogens is 314 g/mol. The van der Waals surface area contributed by atoms with Crippen LogP contribution in [0.15, 0.2) is 40.9 Å². The highest BCUT2D eigenvalue weighted by Gasteiger charge is 2.13. The van der Waals surface area contributed by atoms with Crippen molar-refractivity contribution in [1.82, 2.24) is 0 Å². The highest BCUT2D eigenvalue weighted by molar-refractivity contribution is 9.10. The summed E-state index contributed by atoms with van der Waals surface area (Å²) in [6.07, 6.45) is 0.898. The van der Waals surface area contributed by atoms with Gasteiger partial charge < -0.3 is 5.32 Å². The van der Waals surface area contributed by atoms with Crippen LogP contribution in [0.2, 0.25) is 0 Å². The first kappa shape index (κ1) is 14.8. The standard InChI is InChI=1S/C17H18BrNO/c1-4-13-8-5-7-11(2)16(13)19-17(20)14-9-6-10-15(18)12(14)3/h5-10H,4H2,1-3H3,(H,19,20). The zero-order valence-corrected chi connectivity index (χ0v) is 13.5. The molecule has 0 heterocycles. The molecule has 2 aromatic carbocycles. The monoisotopic (exact) mass is 331 g/mol. The first-order valence-corrected chi connectivity index (χ1v) is 7.48. The van der Waals surface area contributed by atoms with Gasteiger partial charge in [0, 0.05) is 15.7 Å². The topological polar surface area (TPSA) is 29.1 Å². The number of para-hydroxylation sites is 1.